The molecule has 2 aliphatic heterocycles. The van der Waals surface area contributed by atoms with Gasteiger partial charge in [-0.1, -0.05) is 25.1 Å². The van der Waals surface area contributed by atoms with Gasteiger partial charge in [0, 0.05) is 44.5 Å². The summed E-state index contributed by atoms with van der Waals surface area (Å²) in [6, 6.07) is 11.8. The number of amides is 1. The van der Waals surface area contributed by atoms with Crippen LogP contribution in [-0.4, -0.2) is 55.6 Å². The lowest BCUT2D eigenvalue weighted by Crippen LogP contribution is -2.48. The van der Waals surface area contributed by atoms with Crippen LogP contribution in [0.2, 0.25) is 0 Å². The molecule has 8 heteroatoms. The Hall–Kier alpha value is -2.02. The Morgan fingerprint density at radius 3 is 2.52 bits per heavy atom. The van der Waals surface area contributed by atoms with Crippen LogP contribution in [0.3, 0.4) is 0 Å². The molecule has 1 atom stereocenters. The molecule has 0 spiro atoms. The Bertz CT molecular complexity index is 842. The number of nitrogens with zero attached hydrogens (tertiary/aromatic N) is 3. The molecule has 170 valence electrons. The zero-order valence-corrected chi connectivity index (χ0v) is 19.8. The average molecular weight is 467 g/mol. The number of rotatable bonds is 4. The van der Waals surface area contributed by atoms with E-state index in [-0.39, 0.29) is 36.8 Å². The molecule has 2 aromatic rings. The molecule has 0 saturated carbocycles. The molecule has 6 nitrogen and oxygen atoms in total. The van der Waals surface area contributed by atoms with Crippen LogP contribution in [0, 0.1) is 5.92 Å². The fraction of sp³-hybridized carbons (Fsp3) is 0.478. The molecular formula is C23H32Cl2N4O2. The van der Waals surface area contributed by atoms with Crippen molar-refractivity contribution in [1.29, 1.82) is 0 Å². The lowest BCUT2D eigenvalue weighted by Gasteiger charge is -2.37. The average Bonchev–Trinajstić information content (AvgIpc) is 2.79. The van der Waals surface area contributed by atoms with Gasteiger partial charge in [0.15, 0.2) is 0 Å². The first-order valence-corrected chi connectivity index (χ1v) is 10.5. The fourth-order valence-electron chi connectivity index (χ4n) is 4.27. The third-order valence-corrected chi connectivity index (χ3v) is 6.10. The van der Waals surface area contributed by atoms with Gasteiger partial charge in [0.2, 0.25) is 0 Å². The summed E-state index contributed by atoms with van der Waals surface area (Å²) in [5, 5.41) is 3.40. The van der Waals surface area contributed by atoms with Gasteiger partial charge in [-0.3, -0.25) is 4.79 Å². The molecular weight excluding hydrogens is 435 g/mol. The summed E-state index contributed by atoms with van der Waals surface area (Å²) in [6.45, 7) is 6.54. The summed E-state index contributed by atoms with van der Waals surface area (Å²) in [4.78, 5) is 22.2. The first kappa shape index (κ1) is 25.2. The van der Waals surface area contributed by atoms with E-state index in [0.29, 0.717) is 18.7 Å². The molecule has 2 fully saturated rings. The highest BCUT2D eigenvalue weighted by atomic mass is 35.5. The van der Waals surface area contributed by atoms with Crippen molar-refractivity contribution in [3.05, 3.63) is 53.7 Å². The second kappa shape index (κ2) is 11.6. The minimum atomic E-state index is -0.0596. The first-order valence-electron chi connectivity index (χ1n) is 10.5. The van der Waals surface area contributed by atoms with Crippen molar-refractivity contribution in [2.45, 2.75) is 25.8 Å². The van der Waals surface area contributed by atoms with Crippen LogP contribution in [0.1, 0.15) is 41.7 Å². The number of para-hydroxylation sites is 1. The van der Waals surface area contributed by atoms with Crippen LogP contribution < -0.4 is 15.0 Å². The van der Waals surface area contributed by atoms with Crippen LogP contribution in [-0.2, 0) is 0 Å². The summed E-state index contributed by atoms with van der Waals surface area (Å²) in [5.41, 5.74) is 1.67. The molecule has 3 heterocycles. The van der Waals surface area contributed by atoms with Crippen molar-refractivity contribution in [1.82, 2.24) is 15.2 Å². The van der Waals surface area contributed by atoms with E-state index in [9.17, 15) is 4.79 Å². The Kier molecular flexibility index (Phi) is 9.41. The van der Waals surface area contributed by atoms with Crippen LogP contribution in [0.4, 0.5) is 5.82 Å². The van der Waals surface area contributed by atoms with Crippen LogP contribution in [0.15, 0.2) is 42.6 Å². The van der Waals surface area contributed by atoms with Gasteiger partial charge in [0.1, 0.15) is 11.6 Å². The number of piperidine rings is 1. The molecule has 2 aliphatic rings. The number of methoxy groups -OCH3 is 1. The van der Waals surface area contributed by atoms with Crippen LogP contribution in [0.5, 0.6) is 5.75 Å². The third kappa shape index (κ3) is 5.62. The first-order chi connectivity index (χ1) is 14.2. The third-order valence-electron chi connectivity index (χ3n) is 6.10. The number of anilines is 1. The largest absolute Gasteiger partial charge is 0.496 e. The van der Waals surface area contributed by atoms with Gasteiger partial charge in [0.25, 0.3) is 5.91 Å². The summed E-state index contributed by atoms with van der Waals surface area (Å²) in [7, 11) is 1.67. The number of carbonyl (C=O) groups excluding carboxylic acids is 1. The highest BCUT2D eigenvalue weighted by molar-refractivity contribution is 5.94. The zero-order chi connectivity index (χ0) is 20.2. The van der Waals surface area contributed by atoms with Gasteiger partial charge in [-0.25, -0.2) is 4.98 Å². The van der Waals surface area contributed by atoms with Gasteiger partial charge in [-0.2, -0.15) is 0 Å². The molecule has 0 radical (unpaired) electrons. The maximum atomic E-state index is 13.3. The second-order valence-electron chi connectivity index (χ2n) is 8.04. The molecule has 1 N–H and O–H groups in total. The van der Waals surface area contributed by atoms with E-state index < -0.39 is 0 Å². The highest BCUT2D eigenvalue weighted by Crippen LogP contribution is 2.31. The number of carbonyl (C=O) groups is 1. The minimum Gasteiger partial charge on any atom is -0.496 e. The SMILES string of the molecule is COc1ccccc1C1CNCCN1C(=O)c1ccc(N2CCC(C)CC2)nc1.Cl.Cl. The van der Waals surface area contributed by atoms with E-state index in [1.54, 1.807) is 13.3 Å². The molecule has 1 unspecified atom stereocenters. The van der Waals surface area contributed by atoms with Crippen LogP contribution in [0.25, 0.3) is 0 Å². The summed E-state index contributed by atoms with van der Waals surface area (Å²) >= 11 is 0. The molecule has 1 aromatic heterocycles. The summed E-state index contributed by atoms with van der Waals surface area (Å²) in [5.74, 6) is 2.59. The number of halogens is 2. The Morgan fingerprint density at radius 2 is 1.84 bits per heavy atom. The van der Waals surface area contributed by atoms with E-state index in [2.05, 4.69) is 22.1 Å². The van der Waals surface area contributed by atoms with E-state index in [0.717, 1.165) is 42.7 Å². The number of nitrogens with one attached hydrogen (secondary N) is 1. The number of hydrogen-bond donors (Lipinski definition) is 1. The Morgan fingerprint density at radius 1 is 1.10 bits per heavy atom. The van der Waals surface area contributed by atoms with Gasteiger partial charge >= 0.3 is 0 Å². The van der Waals surface area contributed by atoms with Crippen molar-refractivity contribution in [3.63, 3.8) is 0 Å². The monoisotopic (exact) mass is 466 g/mol. The summed E-state index contributed by atoms with van der Waals surface area (Å²) in [6.07, 6.45) is 4.13. The Labute approximate surface area is 197 Å². The van der Waals surface area contributed by atoms with E-state index in [4.69, 9.17) is 4.74 Å². The fourth-order valence-corrected chi connectivity index (χ4v) is 4.27. The molecule has 2 saturated heterocycles. The van der Waals surface area contributed by atoms with E-state index >= 15 is 0 Å². The quantitative estimate of drug-likeness (QED) is 0.738. The van der Waals surface area contributed by atoms with Gasteiger partial charge < -0.3 is 19.9 Å². The zero-order valence-electron chi connectivity index (χ0n) is 18.1. The number of benzene rings is 1. The number of pyridine rings is 1. The normalized spacial score (nSPS) is 19.2. The standard InChI is InChI=1S/C23H30N4O2.2ClH/c1-17-9-12-26(13-10-17)22-8-7-18(15-25-22)23(28)27-14-11-24-16-20(27)19-5-3-4-6-21(19)29-2;;/h3-8,15,17,20,24H,9-14,16H2,1-2H3;2*1H. The Balaban J connectivity index is 0.00000171. The maximum absolute atomic E-state index is 13.3. The molecule has 0 bridgehead atoms. The number of piperazine rings is 1. The van der Waals surface area contributed by atoms with E-state index in [1.807, 2.05) is 41.3 Å². The number of ether oxygens (including phenoxy) is 1. The second-order valence-corrected chi connectivity index (χ2v) is 8.04. The van der Waals surface area contributed by atoms with Gasteiger partial charge in [-0.15, -0.1) is 24.8 Å². The number of aromatic nitrogens is 1. The molecule has 0 aliphatic carbocycles. The lowest BCUT2D eigenvalue weighted by atomic mass is 9.99. The smallest absolute Gasteiger partial charge is 0.256 e. The van der Waals surface area contributed by atoms with Crippen LogP contribution >= 0.6 is 24.8 Å². The van der Waals surface area contributed by atoms with Crippen molar-refractivity contribution >= 4 is 36.5 Å². The molecule has 1 aromatic carbocycles. The van der Waals surface area contributed by atoms with Crippen molar-refractivity contribution in [2.75, 3.05) is 44.7 Å². The predicted octanol–water partition coefficient (Wildman–Crippen LogP) is 3.96. The number of hydrogen-bond acceptors (Lipinski definition) is 5. The van der Waals surface area contributed by atoms with Crippen molar-refractivity contribution in [3.8, 4) is 5.75 Å². The van der Waals surface area contributed by atoms with E-state index in [1.165, 1.54) is 12.8 Å². The molecule has 31 heavy (non-hydrogen) atoms. The summed E-state index contributed by atoms with van der Waals surface area (Å²) < 4.78 is 5.54. The maximum Gasteiger partial charge on any atom is 0.256 e. The molecule has 4 rings (SSSR count). The van der Waals surface area contributed by atoms with Gasteiger partial charge in [0.05, 0.1) is 18.7 Å². The lowest BCUT2D eigenvalue weighted by molar-refractivity contribution is 0.0631. The van der Waals surface area contributed by atoms with Gasteiger partial charge in [-0.05, 0) is 37.0 Å². The topological polar surface area (TPSA) is 57.7 Å². The van der Waals surface area contributed by atoms with Crippen molar-refractivity contribution in [2.24, 2.45) is 5.92 Å². The molecule has 1 amide bonds. The minimum absolute atomic E-state index is 0. The van der Waals surface area contributed by atoms with Crippen molar-refractivity contribution < 1.29 is 9.53 Å². The predicted molar refractivity (Wildman–Crippen MR) is 129 cm³/mol. The highest BCUT2D eigenvalue weighted by Gasteiger charge is 2.30.